The van der Waals surface area contributed by atoms with E-state index in [1.165, 1.54) is 22.6 Å². The first-order valence-electron chi connectivity index (χ1n) is 3.39. The van der Waals surface area contributed by atoms with Gasteiger partial charge in [0.15, 0.2) is 4.90 Å². The number of aromatic amines is 1. The molecule has 0 aliphatic carbocycles. The van der Waals surface area contributed by atoms with Gasteiger partial charge >= 0.3 is 0 Å². The molecule has 84 valence electrons. The Labute approximate surface area is 101 Å². The molecule has 1 rings (SSSR count). The molecule has 9 heteroatoms. The summed E-state index contributed by atoms with van der Waals surface area (Å²) in [6, 6.07) is 0. The van der Waals surface area contributed by atoms with Crippen molar-refractivity contribution in [1.82, 2.24) is 4.98 Å². The van der Waals surface area contributed by atoms with Gasteiger partial charge in [-0.15, -0.1) is 0 Å². The van der Waals surface area contributed by atoms with Crippen molar-refractivity contribution >= 4 is 42.3 Å². The summed E-state index contributed by atoms with van der Waals surface area (Å²) >= 11 is 1.52. The smallest absolute Gasteiger partial charge is 0.279 e. The molecule has 1 aromatic rings. The van der Waals surface area contributed by atoms with Crippen LogP contribution in [0.5, 0.6) is 0 Å². The lowest BCUT2D eigenvalue weighted by Crippen LogP contribution is -2.18. The average molecular weight is 370 g/mol. The minimum absolute atomic E-state index is 0.0313. The third-order valence-electron chi connectivity index (χ3n) is 1.48. The van der Waals surface area contributed by atoms with Gasteiger partial charge in [-0.25, -0.2) is 17.2 Å². The number of rotatable bonds is 2. The first kappa shape index (κ1) is 12.8. The van der Waals surface area contributed by atoms with Gasteiger partial charge in [0, 0.05) is 16.9 Å². The molecule has 0 unspecified atom stereocenters. The molecule has 0 aliphatic heterocycles. The Bertz CT molecular complexity index is 542. The maximum Gasteiger partial charge on any atom is 0.279 e. The quantitative estimate of drug-likeness (QED) is 0.639. The highest BCUT2D eigenvalue weighted by Crippen LogP contribution is 2.24. The number of H-pyrrole nitrogens is 1. The third-order valence-corrected chi connectivity index (χ3v) is 3.64. The van der Waals surface area contributed by atoms with Crippen LogP contribution in [0.1, 0.15) is 12.1 Å². The first-order chi connectivity index (χ1) is 6.75. The molecule has 0 amide bonds. The lowest BCUT2D eigenvalue weighted by atomic mass is 10.3. The molecule has 1 N–H and O–H groups in total. The lowest BCUT2D eigenvalue weighted by Gasteiger charge is -2.05. The number of aromatic nitrogens is 1. The Morgan fingerprint density at radius 3 is 2.40 bits per heavy atom. The summed E-state index contributed by atoms with van der Waals surface area (Å²) in [5.41, 5.74) is -2.02. The fraction of sp³-hybridized carbons (Fsp3) is 0.167. The van der Waals surface area contributed by atoms with Crippen molar-refractivity contribution in [3.8, 4) is 0 Å². The molecule has 1 aromatic heterocycles. The Hall–Kier alpha value is -0.220. The summed E-state index contributed by atoms with van der Waals surface area (Å²) < 4.78 is 46.6. The summed E-state index contributed by atoms with van der Waals surface area (Å²) in [5, 5.41) is 0. The Balaban J connectivity index is 3.73. The van der Waals surface area contributed by atoms with Crippen molar-refractivity contribution in [2.45, 2.75) is 11.3 Å². The Morgan fingerprint density at radius 2 is 2.00 bits per heavy atom. The standard InChI is InChI=1S/C6H3ClF2INO3S/c7-15(13,14)5-3(6(8)9)11-1-2(10)4(5)12/h1,6H,(H,11,12). The van der Waals surface area contributed by atoms with Crippen molar-refractivity contribution in [2.24, 2.45) is 0 Å². The first-order valence-corrected chi connectivity index (χ1v) is 6.78. The fourth-order valence-electron chi connectivity index (χ4n) is 0.907. The molecule has 0 spiro atoms. The second-order valence-corrected chi connectivity index (χ2v) is 6.11. The number of pyridine rings is 1. The van der Waals surface area contributed by atoms with Gasteiger partial charge in [-0.3, -0.25) is 4.79 Å². The molecule has 4 nitrogen and oxygen atoms in total. The van der Waals surface area contributed by atoms with Crippen molar-refractivity contribution < 1.29 is 17.2 Å². The van der Waals surface area contributed by atoms with E-state index in [9.17, 15) is 22.0 Å². The van der Waals surface area contributed by atoms with Gasteiger partial charge in [0.25, 0.3) is 15.5 Å². The van der Waals surface area contributed by atoms with Crippen LogP contribution in [0.2, 0.25) is 0 Å². The monoisotopic (exact) mass is 369 g/mol. The molecule has 0 atom stereocenters. The molecule has 0 aromatic carbocycles. The second kappa shape index (κ2) is 4.34. The summed E-state index contributed by atoms with van der Waals surface area (Å²) in [5.74, 6) is 0. The zero-order valence-corrected chi connectivity index (χ0v) is 10.5. The SMILES string of the molecule is O=c1c(I)c[nH]c(C(F)F)c1S(=O)(=O)Cl. The topological polar surface area (TPSA) is 67.0 Å². The number of hydrogen-bond donors (Lipinski definition) is 1. The van der Waals surface area contributed by atoms with Crippen molar-refractivity contribution in [1.29, 1.82) is 0 Å². The highest BCUT2D eigenvalue weighted by Gasteiger charge is 2.26. The zero-order chi connectivity index (χ0) is 11.8. The predicted molar refractivity (Wildman–Crippen MR) is 57.8 cm³/mol. The van der Waals surface area contributed by atoms with E-state index in [1.54, 1.807) is 0 Å². The van der Waals surface area contributed by atoms with Gasteiger partial charge in [0.2, 0.25) is 5.43 Å². The minimum Gasteiger partial charge on any atom is -0.358 e. The molecule has 0 aliphatic rings. The lowest BCUT2D eigenvalue weighted by molar-refractivity contribution is 0.142. The fourth-order valence-corrected chi connectivity index (χ4v) is 2.72. The molecular weight excluding hydrogens is 366 g/mol. The van der Waals surface area contributed by atoms with Crippen molar-refractivity contribution in [3.63, 3.8) is 0 Å². The largest absolute Gasteiger partial charge is 0.358 e. The van der Waals surface area contributed by atoms with Crippen LogP contribution < -0.4 is 5.43 Å². The molecule has 0 saturated heterocycles. The second-order valence-electron chi connectivity index (χ2n) is 2.45. The van der Waals surface area contributed by atoms with Crippen LogP contribution in [0.25, 0.3) is 0 Å². The van der Waals surface area contributed by atoms with Gasteiger partial charge in [-0.05, 0) is 22.6 Å². The van der Waals surface area contributed by atoms with Crippen LogP contribution in [0.15, 0.2) is 15.9 Å². The molecule has 1 heterocycles. The minimum atomic E-state index is -4.49. The molecule has 0 bridgehead atoms. The zero-order valence-electron chi connectivity index (χ0n) is 6.80. The molecule has 0 radical (unpaired) electrons. The van der Waals surface area contributed by atoms with Crippen LogP contribution >= 0.6 is 33.3 Å². The molecule has 0 fully saturated rings. The summed E-state index contributed by atoms with van der Waals surface area (Å²) in [4.78, 5) is 12.3. The number of halogens is 4. The summed E-state index contributed by atoms with van der Waals surface area (Å²) in [6.07, 6.45) is -2.12. The molecule has 0 saturated carbocycles. The van der Waals surface area contributed by atoms with Crippen LogP contribution in [0.3, 0.4) is 0 Å². The van der Waals surface area contributed by atoms with E-state index in [1.807, 2.05) is 4.98 Å². The summed E-state index contributed by atoms with van der Waals surface area (Å²) in [7, 11) is 0.413. The van der Waals surface area contributed by atoms with Crippen LogP contribution in [-0.2, 0) is 9.05 Å². The summed E-state index contributed by atoms with van der Waals surface area (Å²) in [6.45, 7) is 0. The van der Waals surface area contributed by atoms with Gasteiger partial charge < -0.3 is 4.98 Å². The third kappa shape index (κ3) is 2.67. The van der Waals surface area contributed by atoms with Gasteiger partial charge in [-0.2, -0.15) is 0 Å². The van der Waals surface area contributed by atoms with E-state index in [-0.39, 0.29) is 3.57 Å². The number of nitrogens with one attached hydrogen (secondary N) is 1. The van der Waals surface area contributed by atoms with E-state index in [2.05, 4.69) is 0 Å². The highest BCUT2D eigenvalue weighted by molar-refractivity contribution is 14.1. The van der Waals surface area contributed by atoms with Crippen LogP contribution in [0, 0.1) is 3.57 Å². The van der Waals surface area contributed by atoms with Crippen molar-refractivity contribution in [2.75, 3.05) is 0 Å². The highest BCUT2D eigenvalue weighted by atomic mass is 127. The van der Waals surface area contributed by atoms with Gasteiger partial charge in [0.1, 0.15) is 5.69 Å². The average Bonchev–Trinajstić information content (AvgIpc) is 2.06. The molecule has 15 heavy (non-hydrogen) atoms. The van der Waals surface area contributed by atoms with Crippen LogP contribution in [0.4, 0.5) is 8.78 Å². The molecular formula is C6H3ClF2INO3S. The van der Waals surface area contributed by atoms with E-state index in [4.69, 9.17) is 10.7 Å². The van der Waals surface area contributed by atoms with E-state index in [0.717, 1.165) is 6.20 Å². The van der Waals surface area contributed by atoms with Crippen molar-refractivity contribution in [3.05, 3.63) is 25.7 Å². The van der Waals surface area contributed by atoms with E-state index < -0.39 is 31.5 Å². The van der Waals surface area contributed by atoms with Gasteiger partial charge in [0.05, 0.1) is 3.57 Å². The Kier molecular flexibility index (Phi) is 3.71. The number of alkyl halides is 2. The van der Waals surface area contributed by atoms with Gasteiger partial charge in [-0.1, -0.05) is 0 Å². The Morgan fingerprint density at radius 1 is 1.47 bits per heavy atom. The van der Waals surface area contributed by atoms with E-state index in [0.29, 0.717) is 0 Å². The predicted octanol–water partition coefficient (Wildman–Crippen LogP) is 1.84. The van der Waals surface area contributed by atoms with E-state index >= 15 is 0 Å². The maximum atomic E-state index is 12.4. The normalized spacial score (nSPS) is 12.1. The maximum absolute atomic E-state index is 12.4. The number of hydrogen-bond acceptors (Lipinski definition) is 3. The van der Waals surface area contributed by atoms with Crippen LogP contribution in [-0.4, -0.2) is 13.4 Å².